The van der Waals surface area contributed by atoms with Crippen LogP contribution < -0.4 is 5.73 Å². The average Bonchev–Trinajstić information content (AvgIpc) is 2.71. The lowest BCUT2D eigenvalue weighted by atomic mass is 10.1. The highest BCUT2D eigenvalue weighted by atomic mass is 32.1. The van der Waals surface area contributed by atoms with Gasteiger partial charge in [-0.1, -0.05) is 22.7 Å². The Kier molecular flexibility index (Phi) is 2.29. The third-order valence-electron chi connectivity index (χ3n) is 1.71. The fourth-order valence-electron chi connectivity index (χ4n) is 1.08. The van der Waals surface area contributed by atoms with Gasteiger partial charge >= 0.3 is 0 Å². The Labute approximate surface area is 79.6 Å². The van der Waals surface area contributed by atoms with E-state index < -0.39 is 0 Å². The van der Waals surface area contributed by atoms with Gasteiger partial charge in [-0.3, -0.25) is 0 Å². The summed E-state index contributed by atoms with van der Waals surface area (Å²) in [6, 6.07) is 7.92. The van der Waals surface area contributed by atoms with Crippen molar-refractivity contribution >= 4 is 11.5 Å². The van der Waals surface area contributed by atoms with E-state index in [4.69, 9.17) is 5.73 Å². The quantitative estimate of drug-likeness (QED) is 0.772. The number of rotatable bonds is 2. The van der Waals surface area contributed by atoms with Gasteiger partial charge < -0.3 is 5.73 Å². The Morgan fingerprint density at radius 3 is 3.00 bits per heavy atom. The van der Waals surface area contributed by atoms with Crippen molar-refractivity contribution in [1.29, 1.82) is 0 Å². The fraction of sp³-hybridized carbons (Fsp3) is 0.125. The topological polar surface area (TPSA) is 64.7 Å². The van der Waals surface area contributed by atoms with Crippen LogP contribution >= 0.6 is 11.5 Å². The van der Waals surface area contributed by atoms with Crippen molar-refractivity contribution < 1.29 is 0 Å². The van der Waals surface area contributed by atoms with E-state index in [-0.39, 0.29) is 0 Å². The second-order valence-corrected chi connectivity index (χ2v) is 3.30. The highest BCUT2D eigenvalue weighted by Gasteiger charge is 2.01. The molecular weight excluding hydrogens is 184 g/mol. The highest BCUT2D eigenvalue weighted by molar-refractivity contribution is 7.08. The summed E-state index contributed by atoms with van der Waals surface area (Å²) in [6.45, 7) is 0.542. The predicted octanol–water partition coefficient (Wildman–Crippen LogP) is 1.06. The van der Waals surface area contributed by atoms with Gasteiger partial charge in [-0.25, -0.2) is 0 Å². The van der Waals surface area contributed by atoms with Crippen molar-refractivity contribution in [3.05, 3.63) is 29.8 Å². The normalized spacial score (nSPS) is 10.2. The molecular formula is C8H8N4S. The molecule has 0 aliphatic rings. The van der Waals surface area contributed by atoms with Crippen LogP contribution in [0.25, 0.3) is 10.6 Å². The summed E-state index contributed by atoms with van der Waals surface area (Å²) in [5.41, 5.74) is 7.64. The highest BCUT2D eigenvalue weighted by Crippen LogP contribution is 2.19. The Hall–Kier alpha value is -1.33. The molecule has 2 rings (SSSR count). The standard InChI is InChI=1S/C8H8N4S/c9-5-6-2-1-3-7(4-6)8-10-11-12-13-8/h1-4H,5,9H2. The third-order valence-corrected chi connectivity index (χ3v) is 2.35. The Bertz CT molecular complexity index is 385. The fourth-order valence-corrected chi connectivity index (χ4v) is 1.53. The lowest BCUT2D eigenvalue weighted by Gasteiger charge is -1.97. The minimum atomic E-state index is 0.542. The zero-order valence-corrected chi connectivity index (χ0v) is 7.66. The summed E-state index contributed by atoms with van der Waals surface area (Å²) in [5.74, 6) is 0. The molecule has 0 bridgehead atoms. The number of aromatic nitrogens is 3. The molecule has 2 N–H and O–H groups in total. The minimum absolute atomic E-state index is 0.542. The molecule has 4 nitrogen and oxygen atoms in total. The summed E-state index contributed by atoms with van der Waals surface area (Å²) < 4.78 is 3.70. The van der Waals surface area contributed by atoms with Crippen molar-refractivity contribution in [1.82, 2.24) is 14.8 Å². The van der Waals surface area contributed by atoms with Crippen LogP contribution in [-0.2, 0) is 6.54 Å². The first-order chi connectivity index (χ1) is 6.40. The Morgan fingerprint density at radius 2 is 2.31 bits per heavy atom. The third kappa shape index (κ3) is 1.71. The molecule has 0 aliphatic heterocycles. The van der Waals surface area contributed by atoms with Gasteiger partial charge in [-0.05, 0) is 16.8 Å². The number of hydrogen-bond donors (Lipinski definition) is 1. The molecule has 0 saturated carbocycles. The van der Waals surface area contributed by atoms with E-state index in [2.05, 4.69) is 14.8 Å². The van der Waals surface area contributed by atoms with Gasteiger partial charge in [-0.15, -0.1) is 5.10 Å². The maximum absolute atomic E-state index is 5.52. The molecule has 0 radical (unpaired) electrons. The molecule has 0 spiro atoms. The zero-order chi connectivity index (χ0) is 9.10. The van der Waals surface area contributed by atoms with Crippen LogP contribution in [0.3, 0.4) is 0 Å². The molecule has 66 valence electrons. The van der Waals surface area contributed by atoms with Gasteiger partial charge in [0.25, 0.3) is 0 Å². The molecule has 0 saturated heterocycles. The first-order valence-electron chi connectivity index (χ1n) is 3.84. The van der Waals surface area contributed by atoms with Gasteiger partial charge in [0.2, 0.25) is 0 Å². The van der Waals surface area contributed by atoms with Crippen molar-refractivity contribution in [2.24, 2.45) is 5.73 Å². The molecule has 0 atom stereocenters. The maximum atomic E-state index is 5.52. The molecule has 13 heavy (non-hydrogen) atoms. The van der Waals surface area contributed by atoms with Crippen molar-refractivity contribution in [2.75, 3.05) is 0 Å². The summed E-state index contributed by atoms with van der Waals surface area (Å²) >= 11 is 1.28. The van der Waals surface area contributed by atoms with Crippen LogP contribution in [-0.4, -0.2) is 14.8 Å². The zero-order valence-electron chi connectivity index (χ0n) is 6.84. The summed E-state index contributed by atoms with van der Waals surface area (Å²) in [6.07, 6.45) is 0. The van der Waals surface area contributed by atoms with E-state index in [0.717, 1.165) is 16.1 Å². The molecule has 1 aromatic carbocycles. The minimum Gasteiger partial charge on any atom is -0.326 e. The first-order valence-corrected chi connectivity index (χ1v) is 4.62. The van der Waals surface area contributed by atoms with E-state index in [1.54, 1.807) is 0 Å². The van der Waals surface area contributed by atoms with E-state index in [1.165, 1.54) is 11.5 Å². The molecule has 5 heteroatoms. The van der Waals surface area contributed by atoms with Gasteiger partial charge in [0.15, 0.2) is 5.01 Å². The van der Waals surface area contributed by atoms with E-state index in [0.29, 0.717) is 6.54 Å². The van der Waals surface area contributed by atoms with Crippen molar-refractivity contribution in [2.45, 2.75) is 6.54 Å². The van der Waals surface area contributed by atoms with Crippen LogP contribution in [0.1, 0.15) is 5.56 Å². The Balaban J connectivity index is 2.41. The smallest absolute Gasteiger partial charge is 0.168 e. The summed E-state index contributed by atoms with van der Waals surface area (Å²) in [7, 11) is 0. The van der Waals surface area contributed by atoms with Crippen LogP contribution in [0, 0.1) is 0 Å². The van der Waals surface area contributed by atoms with Crippen LogP contribution in [0.15, 0.2) is 24.3 Å². The predicted molar refractivity (Wildman–Crippen MR) is 51.0 cm³/mol. The monoisotopic (exact) mass is 192 g/mol. The molecule has 0 amide bonds. The van der Waals surface area contributed by atoms with Crippen molar-refractivity contribution in [3.63, 3.8) is 0 Å². The molecule has 0 unspecified atom stereocenters. The molecule has 0 fully saturated rings. The van der Waals surface area contributed by atoms with Gasteiger partial charge in [-0.2, -0.15) is 0 Å². The van der Waals surface area contributed by atoms with Crippen LogP contribution in [0.5, 0.6) is 0 Å². The van der Waals surface area contributed by atoms with E-state index >= 15 is 0 Å². The van der Waals surface area contributed by atoms with Crippen molar-refractivity contribution in [3.8, 4) is 10.6 Å². The summed E-state index contributed by atoms with van der Waals surface area (Å²) in [5, 5.41) is 8.25. The van der Waals surface area contributed by atoms with Gasteiger partial charge in [0.1, 0.15) is 0 Å². The first kappa shape index (κ1) is 8.28. The number of hydrogen-bond acceptors (Lipinski definition) is 5. The van der Waals surface area contributed by atoms with E-state index in [1.807, 2.05) is 24.3 Å². The second-order valence-electron chi connectivity index (χ2n) is 2.57. The van der Waals surface area contributed by atoms with Crippen LogP contribution in [0.2, 0.25) is 0 Å². The van der Waals surface area contributed by atoms with Gasteiger partial charge in [0, 0.05) is 23.6 Å². The second kappa shape index (κ2) is 3.59. The lowest BCUT2D eigenvalue weighted by Crippen LogP contribution is -1.95. The lowest BCUT2D eigenvalue weighted by molar-refractivity contribution is 0.961. The largest absolute Gasteiger partial charge is 0.326 e. The average molecular weight is 192 g/mol. The van der Waals surface area contributed by atoms with Crippen LogP contribution in [0.4, 0.5) is 0 Å². The molecule has 0 aliphatic carbocycles. The Morgan fingerprint density at radius 1 is 1.38 bits per heavy atom. The number of benzene rings is 1. The summed E-state index contributed by atoms with van der Waals surface area (Å²) in [4.78, 5) is 0. The van der Waals surface area contributed by atoms with Gasteiger partial charge in [0.05, 0.1) is 0 Å². The van der Waals surface area contributed by atoms with E-state index in [9.17, 15) is 0 Å². The SMILES string of the molecule is NCc1cccc(-c2nnns2)c1. The number of nitrogens with two attached hydrogens (primary N) is 1. The number of nitrogens with zero attached hydrogens (tertiary/aromatic N) is 3. The maximum Gasteiger partial charge on any atom is 0.168 e. The molecule has 2 aromatic rings. The molecule has 1 heterocycles. The molecule has 1 aromatic heterocycles.